The van der Waals surface area contributed by atoms with Gasteiger partial charge in [0.05, 0.1) is 17.9 Å². The first-order chi connectivity index (χ1) is 16.3. The van der Waals surface area contributed by atoms with Gasteiger partial charge in [0.15, 0.2) is 0 Å². The summed E-state index contributed by atoms with van der Waals surface area (Å²) >= 11 is 0. The zero-order chi connectivity index (χ0) is 24.7. The molecule has 7 heteroatoms. The third-order valence-electron chi connectivity index (χ3n) is 6.71. The fourth-order valence-corrected chi connectivity index (χ4v) is 4.99. The SMILES string of the molecule is C=CC[C@H](C(N)=O)C(CC(C)C)C(=O)NC1CC=CC2CN(Cc3ccccc3)CCN2C1=O. The first-order valence-electron chi connectivity index (χ1n) is 12.2. The lowest BCUT2D eigenvalue weighted by atomic mass is 9.82. The summed E-state index contributed by atoms with van der Waals surface area (Å²) in [6.45, 7) is 10.7. The summed E-state index contributed by atoms with van der Waals surface area (Å²) in [7, 11) is 0. The standard InChI is InChI=1S/C27H38N4O3/c1-4-9-22(25(28)32)23(16-19(2)3)26(33)29-24-13-8-12-21-18-30(14-15-31(21)27(24)34)17-20-10-6-5-7-11-20/h4-8,10-12,19,21-24H,1,9,13-18H2,2-3H3,(H2,28,32)(H,29,33)/t21?,22-,23?,24?/m0/s1. The lowest BCUT2D eigenvalue weighted by molar-refractivity contribution is -0.141. The van der Waals surface area contributed by atoms with Crippen LogP contribution in [0.2, 0.25) is 0 Å². The molecular formula is C27H38N4O3. The van der Waals surface area contributed by atoms with Gasteiger partial charge in [-0.05, 0) is 30.7 Å². The van der Waals surface area contributed by atoms with Crippen LogP contribution < -0.4 is 11.1 Å². The Labute approximate surface area is 203 Å². The molecule has 4 atom stereocenters. The van der Waals surface area contributed by atoms with E-state index in [9.17, 15) is 14.4 Å². The van der Waals surface area contributed by atoms with Gasteiger partial charge in [0.2, 0.25) is 17.7 Å². The Bertz CT molecular complexity index is 898. The van der Waals surface area contributed by atoms with Crippen LogP contribution in [0.5, 0.6) is 0 Å². The number of piperazine rings is 1. The molecule has 2 heterocycles. The van der Waals surface area contributed by atoms with Gasteiger partial charge in [-0.3, -0.25) is 19.3 Å². The lowest BCUT2D eigenvalue weighted by Crippen LogP contribution is -2.58. The largest absolute Gasteiger partial charge is 0.369 e. The van der Waals surface area contributed by atoms with Crippen molar-refractivity contribution in [1.82, 2.24) is 15.1 Å². The van der Waals surface area contributed by atoms with Crippen molar-refractivity contribution >= 4 is 17.7 Å². The topological polar surface area (TPSA) is 95.7 Å². The number of benzene rings is 1. The number of nitrogens with zero attached hydrogens (tertiary/aromatic N) is 2. The molecule has 1 saturated heterocycles. The van der Waals surface area contributed by atoms with E-state index in [0.29, 0.717) is 25.8 Å². The van der Waals surface area contributed by atoms with Crippen molar-refractivity contribution in [3.63, 3.8) is 0 Å². The molecule has 0 spiro atoms. The third-order valence-corrected chi connectivity index (χ3v) is 6.71. The molecule has 184 valence electrons. The van der Waals surface area contributed by atoms with Crippen LogP contribution in [-0.4, -0.2) is 59.2 Å². The summed E-state index contributed by atoms with van der Waals surface area (Å²) in [4.78, 5) is 43.0. The number of carbonyl (C=O) groups is 3. The van der Waals surface area contributed by atoms with Gasteiger partial charge in [-0.25, -0.2) is 0 Å². The highest BCUT2D eigenvalue weighted by atomic mass is 16.2. The van der Waals surface area contributed by atoms with Crippen molar-refractivity contribution in [3.8, 4) is 0 Å². The molecule has 2 aliphatic rings. The van der Waals surface area contributed by atoms with E-state index in [1.54, 1.807) is 6.08 Å². The minimum atomic E-state index is -0.638. The molecule has 0 aliphatic carbocycles. The molecule has 3 rings (SSSR count). The number of hydrogen-bond donors (Lipinski definition) is 2. The number of carbonyl (C=O) groups excluding carboxylic acids is 3. The van der Waals surface area contributed by atoms with E-state index in [1.165, 1.54) is 5.56 Å². The van der Waals surface area contributed by atoms with Gasteiger partial charge in [-0.1, -0.05) is 62.4 Å². The summed E-state index contributed by atoms with van der Waals surface area (Å²) in [5.41, 5.74) is 6.87. The molecule has 1 aromatic carbocycles. The van der Waals surface area contributed by atoms with Crippen LogP contribution in [0.25, 0.3) is 0 Å². The quantitative estimate of drug-likeness (QED) is 0.518. The second-order valence-corrected chi connectivity index (χ2v) is 9.81. The van der Waals surface area contributed by atoms with Crippen LogP contribution in [0.4, 0.5) is 0 Å². The number of nitrogens with two attached hydrogens (primary N) is 1. The van der Waals surface area contributed by atoms with E-state index in [0.717, 1.165) is 19.6 Å². The van der Waals surface area contributed by atoms with Crippen LogP contribution in [0.3, 0.4) is 0 Å². The number of primary amides is 1. The van der Waals surface area contributed by atoms with Gasteiger partial charge in [-0.2, -0.15) is 0 Å². The van der Waals surface area contributed by atoms with Crippen molar-refractivity contribution in [2.75, 3.05) is 19.6 Å². The molecule has 3 unspecified atom stereocenters. The zero-order valence-electron chi connectivity index (χ0n) is 20.4. The highest BCUT2D eigenvalue weighted by Gasteiger charge is 2.38. The molecule has 7 nitrogen and oxygen atoms in total. The first-order valence-corrected chi connectivity index (χ1v) is 12.2. The van der Waals surface area contributed by atoms with Crippen molar-refractivity contribution in [1.29, 1.82) is 0 Å². The molecule has 3 amide bonds. The minimum absolute atomic E-state index is 0.0162. The number of amides is 3. The Balaban J connectivity index is 1.67. The Morgan fingerprint density at radius 2 is 1.94 bits per heavy atom. The van der Waals surface area contributed by atoms with E-state index >= 15 is 0 Å². The summed E-state index contributed by atoms with van der Waals surface area (Å²) in [6, 6.07) is 9.67. The smallest absolute Gasteiger partial charge is 0.246 e. The average Bonchev–Trinajstić information content (AvgIpc) is 2.95. The lowest BCUT2D eigenvalue weighted by Gasteiger charge is -2.40. The third kappa shape index (κ3) is 6.56. The highest BCUT2D eigenvalue weighted by Crippen LogP contribution is 2.26. The fraction of sp³-hybridized carbons (Fsp3) is 0.519. The molecular weight excluding hydrogens is 428 g/mol. The van der Waals surface area contributed by atoms with Crippen molar-refractivity contribution < 1.29 is 14.4 Å². The minimum Gasteiger partial charge on any atom is -0.369 e. The first kappa shape index (κ1) is 25.7. The molecule has 34 heavy (non-hydrogen) atoms. The normalized spacial score (nSPS) is 22.6. The maximum atomic E-state index is 13.4. The van der Waals surface area contributed by atoms with E-state index in [2.05, 4.69) is 35.0 Å². The number of rotatable bonds is 10. The summed E-state index contributed by atoms with van der Waals surface area (Å²) < 4.78 is 0. The van der Waals surface area contributed by atoms with Gasteiger partial charge in [0, 0.05) is 26.2 Å². The summed E-state index contributed by atoms with van der Waals surface area (Å²) in [5, 5.41) is 2.95. The molecule has 3 N–H and O–H groups in total. The van der Waals surface area contributed by atoms with Crippen LogP contribution >= 0.6 is 0 Å². The fourth-order valence-electron chi connectivity index (χ4n) is 4.99. The van der Waals surface area contributed by atoms with Crippen LogP contribution in [0, 0.1) is 17.8 Å². The van der Waals surface area contributed by atoms with Crippen molar-refractivity contribution in [2.45, 2.75) is 51.7 Å². The van der Waals surface area contributed by atoms with E-state index in [-0.39, 0.29) is 23.8 Å². The highest BCUT2D eigenvalue weighted by molar-refractivity contribution is 5.92. The van der Waals surface area contributed by atoms with Crippen molar-refractivity contribution in [2.24, 2.45) is 23.5 Å². The zero-order valence-corrected chi connectivity index (χ0v) is 20.4. The second-order valence-electron chi connectivity index (χ2n) is 9.81. The maximum Gasteiger partial charge on any atom is 0.246 e. The molecule has 0 aromatic heterocycles. The predicted molar refractivity (Wildman–Crippen MR) is 133 cm³/mol. The average molecular weight is 467 g/mol. The van der Waals surface area contributed by atoms with E-state index in [1.807, 2.05) is 43.0 Å². The van der Waals surface area contributed by atoms with E-state index < -0.39 is 23.8 Å². The van der Waals surface area contributed by atoms with Gasteiger partial charge >= 0.3 is 0 Å². The van der Waals surface area contributed by atoms with Gasteiger partial charge in [0.1, 0.15) is 6.04 Å². The van der Waals surface area contributed by atoms with Gasteiger partial charge in [-0.15, -0.1) is 6.58 Å². The Morgan fingerprint density at radius 1 is 1.21 bits per heavy atom. The number of fused-ring (bicyclic) bond motifs is 1. The van der Waals surface area contributed by atoms with E-state index in [4.69, 9.17) is 5.73 Å². The monoisotopic (exact) mass is 466 g/mol. The predicted octanol–water partition coefficient (Wildman–Crippen LogP) is 2.48. The molecule has 1 fully saturated rings. The maximum absolute atomic E-state index is 13.4. The van der Waals surface area contributed by atoms with Gasteiger partial charge in [0.25, 0.3) is 0 Å². The van der Waals surface area contributed by atoms with Gasteiger partial charge < -0.3 is 16.0 Å². The Morgan fingerprint density at radius 3 is 2.59 bits per heavy atom. The molecule has 0 radical (unpaired) electrons. The van der Waals surface area contributed by atoms with Crippen LogP contribution in [-0.2, 0) is 20.9 Å². The molecule has 0 bridgehead atoms. The van der Waals surface area contributed by atoms with Crippen molar-refractivity contribution in [3.05, 3.63) is 60.7 Å². The summed E-state index contributed by atoms with van der Waals surface area (Å²) in [5.74, 6) is -1.88. The Kier molecular flexibility index (Phi) is 9.05. The van der Waals surface area contributed by atoms with Crippen LogP contribution in [0.15, 0.2) is 55.1 Å². The second kappa shape index (κ2) is 12.0. The molecule has 0 saturated carbocycles. The summed E-state index contributed by atoms with van der Waals surface area (Å²) in [6.07, 6.45) is 6.99. The number of nitrogens with one attached hydrogen (secondary N) is 1. The Hall–Kier alpha value is -2.93. The molecule has 2 aliphatic heterocycles. The number of hydrogen-bond acceptors (Lipinski definition) is 4. The molecule has 1 aromatic rings. The van der Waals surface area contributed by atoms with Crippen LogP contribution in [0.1, 0.15) is 38.7 Å². The number of allylic oxidation sites excluding steroid dienone is 1.